The summed E-state index contributed by atoms with van der Waals surface area (Å²) in [6.45, 7) is 3.15. The molecule has 6 rings (SSSR count). The van der Waals surface area contributed by atoms with Gasteiger partial charge in [0.1, 0.15) is 0 Å². The highest BCUT2D eigenvalue weighted by atomic mass is 16.4. The number of fused-ring (bicyclic) bond motifs is 2. The summed E-state index contributed by atoms with van der Waals surface area (Å²) in [6, 6.07) is 11.8. The topological polar surface area (TPSA) is 94.7 Å². The van der Waals surface area contributed by atoms with Gasteiger partial charge in [0, 0.05) is 38.1 Å². The van der Waals surface area contributed by atoms with Crippen molar-refractivity contribution in [2.24, 2.45) is 0 Å². The molecule has 1 aromatic carbocycles. The third kappa shape index (κ3) is 3.17. The van der Waals surface area contributed by atoms with E-state index in [0.29, 0.717) is 11.6 Å². The number of aromatic nitrogens is 3. The van der Waals surface area contributed by atoms with Crippen LogP contribution in [0.15, 0.2) is 36.4 Å². The van der Waals surface area contributed by atoms with E-state index in [1.54, 1.807) is 6.07 Å². The summed E-state index contributed by atoms with van der Waals surface area (Å²) in [5, 5.41) is 25.9. The number of hydrogen-bond donors (Lipinski definition) is 2. The molecule has 166 valence electrons. The largest absolute Gasteiger partial charge is 0.477 e. The molecule has 1 aliphatic carbocycles. The van der Waals surface area contributed by atoms with E-state index in [1.165, 1.54) is 6.42 Å². The van der Waals surface area contributed by atoms with Gasteiger partial charge in [-0.05, 0) is 37.5 Å². The first-order chi connectivity index (χ1) is 15.6. The Bertz CT molecular complexity index is 1170. The highest BCUT2D eigenvalue weighted by Gasteiger charge is 2.37. The minimum Gasteiger partial charge on any atom is -0.477 e. The van der Waals surface area contributed by atoms with E-state index in [0.717, 1.165) is 67.9 Å². The highest BCUT2D eigenvalue weighted by molar-refractivity contribution is 5.98. The molecule has 8 nitrogen and oxygen atoms in total. The van der Waals surface area contributed by atoms with Crippen LogP contribution in [-0.4, -0.2) is 74.2 Å². The molecule has 0 amide bonds. The van der Waals surface area contributed by atoms with Crippen LogP contribution in [0.3, 0.4) is 0 Å². The van der Waals surface area contributed by atoms with E-state index in [4.69, 9.17) is 5.10 Å². The van der Waals surface area contributed by atoms with Gasteiger partial charge in [-0.3, -0.25) is 4.90 Å². The number of aliphatic hydroxyl groups is 1. The minimum absolute atomic E-state index is 0.0404. The van der Waals surface area contributed by atoms with Gasteiger partial charge in [0.15, 0.2) is 11.3 Å². The maximum atomic E-state index is 12.0. The molecule has 2 aromatic heterocycles. The van der Waals surface area contributed by atoms with E-state index in [1.807, 2.05) is 35.0 Å². The molecular weight excluding hydrogens is 406 g/mol. The van der Waals surface area contributed by atoms with Crippen molar-refractivity contribution in [1.82, 2.24) is 19.7 Å². The molecule has 2 atom stereocenters. The van der Waals surface area contributed by atoms with Gasteiger partial charge in [-0.15, -0.1) is 0 Å². The van der Waals surface area contributed by atoms with Gasteiger partial charge in [0.05, 0.1) is 28.6 Å². The van der Waals surface area contributed by atoms with Gasteiger partial charge in [0.25, 0.3) is 0 Å². The Hall–Kier alpha value is -2.97. The molecule has 2 N–H and O–H groups in total. The predicted octanol–water partition coefficient (Wildman–Crippen LogP) is 2.64. The van der Waals surface area contributed by atoms with E-state index in [9.17, 15) is 15.0 Å². The summed E-state index contributed by atoms with van der Waals surface area (Å²) >= 11 is 0. The maximum absolute atomic E-state index is 12.0. The summed E-state index contributed by atoms with van der Waals surface area (Å²) in [6.07, 6.45) is 3.87. The Morgan fingerprint density at radius 2 is 1.91 bits per heavy atom. The fraction of sp³-hybridized carbons (Fsp3) is 0.458. The van der Waals surface area contributed by atoms with Crippen LogP contribution in [0.25, 0.3) is 16.7 Å². The summed E-state index contributed by atoms with van der Waals surface area (Å²) < 4.78 is 1.81. The van der Waals surface area contributed by atoms with Gasteiger partial charge in [0.2, 0.25) is 0 Å². The molecule has 3 aliphatic rings. The average Bonchev–Trinajstić information content (AvgIpc) is 3.32. The van der Waals surface area contributed by atoms with Gasteiger partial charge < -0.3 is 15.1 Å². The number of aliphatic hydroxyl groups excluding tert-OH is 1. The molecule has 0 bridgehead atoms. The van der Waals surface area contributed by atoms with Crippen molar-refractivity contribution in [3.05, 3.63) is 47.8 Å². The van der Waals surface area contributed by atoms with Crippen LogP contribution >= 0.6 is 0 Å². The first-order valence-corrected chi connectivity index (χ1v) is 11.5. The van der Waals surface area contributed by atoms with Crippen molar-refractivity contribution >= 4 is 22.7 Å². The number of carbonyl (C=O) groups is 1. The molecule has 3 fully saturated rings. The van der Waals surface area contributed by atoms with Crippen LogP contribution < -0.4 is 4.90 Å². The number of anilines is 1. The molecule has 2 aliphatic heterocycles. The molecule has 4 heterocycles. The molecule has 0 spiro atoms. The van der Waals surface area contributed by atoms with Crippen LogP contribution in [0, 0.1) is 0 Å². The Morgan fingerprint density at radius 3 is 2.62 bits per heavy atom. The number of carboxylic acid groups (broad SMARTS) is 1. The van der Waals surface area contributed by atoms with Gasteiger partial charge in [-0.1, -0.05) is 24.6 Å². The molecule has 0 radical (unpaired) electrons. The van der Waals surface area contributed by atoms with Crippen LogP contribution in [-0.2, 0) is 0 Å². The van der Waals surface area contributed by atoms with Gasteiger partial charge >= 0.3 is 5.97 Å². The molecule has 3 aromatic rings. The lowest BCUT2D eigenvalue weighted by molar-refractivity contribution is 0.0691. The zero-order chi connectivity index (χ0) is 21.8. The first-order valence-electron chi connectivity index (χ1n) is 11.5. The van der Waals surface area contributed by atoms with Crippen LogP contribution in [0.5, 0.6) is 0 Å². The van der Waals surface area contributed by atoms with Gasteiger partial charge in [-0.25, -0.2) is 14.5 Å². The van der Waals surface area contributed by atoms with E-state index < -0.39 is 5.97 Å². The Kier molecular flexibility index (Phi) is 4.66. The number of aromatic carboxylic acids is 1. The number of rotatable bonds is 4. The maximum Gasteiger partial charge on any atom is 0.354 e. The zero-order valence-electron chi connectivity index (χ0n) is 17.9. The fourth-order valence-corrected chi connectivity index (χ4v) is 5.43. The number of carboxylic acids is 1. The van der Waals surface area contributed by atoms with Crippen molar-refractivity contribution in [1.29, 1.82) is 0 Å². The lowest BCUT2D eigenvalue weighted by atomic mass is 9.82. The lowest BCUT2D eigenvalue weighted by Gasteiger charge is -2.39. The zero-order valence-corrected chi connectivity index (χ0v) is 17.9. The number of hydrogen-bond acceptors (Lipinski definition) is 6. The smallest absolute Gasteiger partial charge is 0.354 e. The summed E-state index contributed by atoms with van der Waals surface area (Å²) in [5.74, 6) is -0.651. The van der Waals surface area contributed by atoms with Crippen molar-refractivity contribution in [3.8, 4) is 5.69 Å². The minimum atomic E-state index is -1.03. The van der Waals surface area contributed by atoms with E-state index in [2.05, 4.69) is 14.8 Å². The Balaban J connectivity index is 1.54. The normalized spacial score (nSPS) is 24.0. The number of benzene rings is 1. The first kappa shape index (κ1) is 19.7. The van der Waals surface area contributed by atoms with Gasteiger partial charge in [-0.2, -0.15) is 5.10 Å². The second kappa shape index (κ2) is 7.56. The quantitative estimate of drug-likeness (QED) is 0.653. The summed E-state index contributed by atoms with van der Waals surface area (Å²) in [4.78, 5) is 21.2. The van der Waals surface area contributed by atoms with Crippen molar-refractivity contribution in [3.63, 3.8) is 0 Å². The monoisotopic (exact) mass is 433 g/mol. The average molecular weight is 434 g/mol. The van der Waals surface area contributed by atoms with Crippen molar-refractivity contribution < 1.29 is 15.0 Å². The second-order valence-electron chi connectivity index (χ2n) is 9.28. The molecule has 0 unspecified atom stereocenters. The van der Waals surface area contributed by atoms with Crippen molar-refractivity contribution in [2.45, 2.75) is 43.7 Å². The Labute approximate surface area is 186 Å². The van der Waals surface area contributed by atoms with E-state index >= 15 is 0 Å². The number of pyridine rings is 1. The van der Waals surface area contributed by atoms with Crippen LogP contribution in [0.4, 0.5) is 5.69 Å². The molecule has 2 saturated heterocycles. The second-order valence-corrected chi connectivity index (χ2v) is 9.28. The lowest BCUT2D eigenvalue weighted by Crippen LogP contribution is -2.50. The van der Waals surface area contributed by atoms with Crippen LogP contribution in [0.2, 0.25) is 0 Å². The molecular formula is C24H27N5O3. The Morgan fingerprint density at radius 1 is 1.09 bits per heavy atom. The third-order valence-electron chi connectivity index (χ3n) is 7.29. The summed E-state index contributed by atoms with van der Waals surface area (Å²) in [5.41, 5.74) is 3.48. The fourth-order valence-electron chi connectivity index (χ4n) is 5.43. The number of para-hydroxylation sites is 1. The van der Waals surface area contributed by atoms with E-state index in [-0.39, 0.29) is 17.8 Å². The SMILES string of the molecule is O=C(O)c1cc(N2CCN3C[C@H](O)C[C@H]3C2)c2c(C3CCC3)nn(-c3ccccc3)c2n1. The molecule has 32 heavy (non-hydrogen) atoms. The summed E-state index contributed by atoms with van der Waals surface area (Å²) in [7, 11) is 0. The highest BCUT2D eigenvalue weighted by Crippen LogP contribution is 2.43. The predicted molar refractivity (Wildman–Crippen MR) is 121 cm³/mol. The molecule has 1 saturated carbocycles. The number of piperazine rings is 1. The third-order valence-corrected chi connectivity index (χ3v) is 7.29. The van der Waals surface area contributed by atoms with Crippen molar-refractivity contribution in [2.75, 3.05) is 31.1 Å². The number of nitrogens with zero attached hydrogens (tertiary/aromatic N) is 5. The van der Waals surface area contributed by atoms with Crippen LogP contribution in [0.1, 0.15) is 47.8 Å². The molecule has 8 heteroatoms. The standard InChI is InChI=1S/C24H27N5O3/c30-18-11-17-13-28(10-9-27(17)14-18)20-12-19(24(31)32)25-23-21(20)22(15-5-4-6-15)26-29(23)16-7-2-1-3-8-16/h1-3,7-8,12,15,17-18,30H,4-6,9-11,13-14H2,(H,31,32)/t17-,18+/m0/s1.